The van der Waals surface area contributed by atoms with Gasteiger partial charge in [-0.25, -0.2) is 0 Å². The Hall–Kier alpha value is -1.36. The second kappa shape index (κ2) is 9.06. The van der Waals surface area contributed by atoms with Crippen molar-refractivity contribution in [2.75, 3.05) is 33.7 Å². The van der Waals surface area contributed by atoms with Crippen molar-refractivity contribution < 1.29 is 9.59 Å². The first-order valence-corrected chi connectivity index (χ1v) is 8.96. The zero-order valence-corrected chi connectivity index (χ0v) is 14.6. The third-order valence-electron chi connectivity index (χ3n) is 4.68. The van der Waals surface area contributed by atoms with Crippen LogP contribution in [0, 0.1) is 11.8 Å². The number of nitrogens with zero attached hydrogens (tertiary/aromatic N) is 1. The summed E-state index contributed by atoms with van der Waals surface area (Å²) in [5.41, 5.74) is 1.47. The lowest BCUT2D eigenvalue weighted by Crippen LogP contribution is -2.32. The van der Waals surface area contributed by atoms with Gasteiger partial charge in [-0.15, -0.1) is 0 Å². The molecule has 0 radical (unpaired) electrons. The molecule has 0 spiro atoms. The largest absolute Gasteiger partial charge is 0.356 e. The van der Waals surface area contributed by atoms with Crippen LogP contribution in [0.3, 0.4) is 0 Å². The first-order chi connectivity index (χ1) is 11.1. The van der Waals surface area contributed by atoms with E-state index in [9.17, 15) is 9.59 Å². The highest BCUT2D eigenvalue weighted by Gasteiger charge is 2.47. The first kappa shape index (κ1) is 18.0. The van der Waals surface area contributed by atoms with Crippen LogP contribution in [0.5, 0.6) is 0 Å². The fourth-order valence-electron chi connectivity index (χ4n) is 3.12. The number of hydrogen-bond donors (Lipinski definition) is 2. The second-order valence-corrected chi connectivity index (χ2v) is 7.05. The maximum Gasteiger partial charge on any atom is 0.223 e. The van der Waals surface area contributed by atoms with Crippen molar-refractivity contribution >= 4 is 11.8 Å². The van der Waals surface area contributed by atoms with Crippen LogP contribution in [0.15, 0.2) is 11.6 Å². The molecule has 2 amide bonds. The quantitative estimate of drug-likeness (QED) is 0.502. The Kier molecular flexibility index (Phi) is 7.09. The summed E-state index contributed by atoms with van der Waals surface area (Å²) in [6, 6.07) is 0. The fourth-order valence-corrected chi connectivity index (χ4v) is 3.12. The highest BCUT2D eigenvalue weighted by Crippen LogP contribution is 2.38. The van der Waals surface area contributed by atoms with Crippen LogP contribution in [-0.4, -0.2) is 50.4 Å². The van der Waals surface area contributed by atoms with Gasteiger partial charge in [-0.1, -0.05) is 11.6 Å². The van der Waals surface area contributed by atoms with Crippen molar-refractivity contribution in [1.29, 1.82) is 0 Å². The molecule has 2 N–H and O–H groups in total. The second-order valence-electron chi connectivity index (χ2n) is 7.05. The Balaban J connectivity index is 1.56. The molecule has 0 heterocycles. The van der Waals surface area contributed by atoms with Crippen molar-refractivity contribution in [3.63, 3.8) is 0 Å². The predicted octanol–water partition coefficient (Wildman–Crippen LogP) is 1.70. The molecule has 2 rings (SSSR count). The van der Waals surface area contributed by atoms with Crippen LogP contribution in [0.4, 0.5) is 0 Å². The molecule has 2 unspecified atom stereocenters. The lowest BCUT2D eigenvalue weighted by molar-refractivity contribution is -0.127. The number of allylic oxidation sites excluding steroid dienone is 1. The van der Waals surface area contributed by atoms with Gasteiger partial charge in [0, 0.05) is 13.1 Å². The van der Waals surface area contributed by atoms with E-state index in [0.717, 1.165) is 19.4 Å². The topological polar surface area (TPSA) is 61.4 Å². The molecule has 5 nitrogen and oxygen atoms in total. The predicted molar refractivity (Wildman–Crippen MR) is 92.0 cm³/mol. The van der Waals surface area contributed by atoms with Crippen LogP contribution in [0.2, 0.25) is 0 Å². The van der Waals surface area contributed by atoms with Gasteiger partial charge >= 0.3 is 0 Å². The van der Waals surface area contributed by atoms with Gasteiger partial charge in [0.1, 0.15) is 0 Å². The SMILES string of the molecule is CN(C)CCCNC(=O)C1CC1C(=O)NCCC1=CCCCC1. The average molecular weight is 321 g/mol. The Bertz CT molecular complexity index is 446. The van der Waals surface area contributed by atoms with Gasteiger partial charge in [-0.2, -0.15) is 0 Å². The van der Waals surface area contributed by atoms with Gasteiger partial charge < -0.3 is 15.5 Å². The fraction of sp³-hybridized carbons (Fsp3) is 0.778. The maximum absolute atomic E-state index is 12.1. The number of amides is 2. The highest BCUT2D eigenvalue weighted by atomic mass is 16.2. The molecule has 2 aliphatic rings. The Morgan fingerprint density at radius 1 is 1.13 bits per heavy atom. The van der Waals surface area contributed by atoms with Gasteiger partial charge in [0.25, 0.3) is 0 Å². The third-order valence-corrected chi connectivity index (χ3v) is 4.68. The van der Waals surface area contributed by atoms with E-state index in [1.54, 1.807) is 0 Å². The first-order valence-electron chi connectivity index (χ1n) is 8.96. The van der Waals surface area contributed by atoms with Gasteiger partial charge in [0.05, 0.1) is 11.8 Å². The summed E-state index contributed by atoms with van der Waals surface area (Å²) in [5.74, 6) is -0.124. The molecule has 2 atom stereocenters. The summed E-state index contributed by atoms with van der Waals surface area (Å²) >= 11 is 0. The van der Waals surface area contributed by atoms with Crippen molar-refractivity contribution in [1.82, 2.24) is 15.5 Å². The van der Waals surface area contributed by atoms with Crippen LogP contribution in [-0.2, 0) is 9.59 Å². The molecule has 0 bridgehead atoms. The standard InChI is InChI=1S/C18H31N3O2/c1-21(2)12-6-10-19-17(22)15-13-16(15)18(23)20-11-9-14-7-4-3-5-8-14/h7,15-16H,3-6,8-13H2,1-2H3,(H,19,22)(H,20,23). The van der Waals surface area contributed by atoms with Crippen molar-refractivity contribution in [3.8, 4) is 0 Å². The minimum absolute atomic E-state index is 0.0406. The van der Waals surface area contributed by atoms with E-state index in [1.165, 1.54) is 31.3 Å². The van der Waals surface area contributed by atoms with E-state index < -0.39 is 0 Å². The summed E-state index contributed by atoms with van der Waals surface area (Å²) in [7, 11) is 4.04. The number of carbonyl (C=O) groups excluding carboxylic acids is 2. The monoisotopic (exact) mass is 321 g/mol. The summed E-state index contributed by atoms with van der Waals surface area (Å²) in [5, 5.41) is 5.93. The molecule has 130 valence electrons. The molecule has 23 heavy (non-hydrogen) atoms. The molecule has 1 saturated carbocycles. The maximum atomic E-state index is 12.1. The lowest BCUT2D eigenvalue weighted by Gasteiger charge is -2.13. The van der Waals surface area contributed by atoms with Crippen LogP contribution in [0.1, 0.15) is 44.9 Å². The van der Waals surface area contributed by atoms with Crippen LogP contribution >= 0.6 is 0 Å². The summed E-state index contributed by atoms with van der Waals surface area (Å²) in [6.07, 6.45) is 9.85. The molecule has 0 aliphatic heterocycles. The number of hydrogen-bond acceptors (Lipinski definition) is 3. The van der Waals surface area contributed by atoms with Gasteiger partial charge in [-0.3, -0.25) is 9.59 Å². The Morgan fingerprint density at radius 2 is 1.83 bits per heavy atom. The molecule has 0 aromatic heterocycles. The minimum Gasteiger partial charge on any atom is -0.356 e. The molecule has 2 aliphatic carbocycles. The molecular weight excluding hydrogens is 290 g/mol. The lowest BCUT2D eigenvalue weighted by atomic mass is 9.97. The van der Waals surface area contributed by atoms with Gasteiger partial charge in [0.2, 0.25) is 11.8 Å². The summed E-state index contributed by atoms with van der Waals surface area (Å²) in [6.45, 7) is 2.36. The molecule has 1 fully saturated rings. The highest BCUT2D eigenvalue weighted by molar-refractivity contribution is 5.92. The van der Waals surface area contributed by atoms with Crippen LogP contribution in [0.25, 0.3) is 0 Å². The number of nitrogens with one attached hydrogen (secondary N) is 2. The van der Waals surface area contributed by atoms with Crippen LogP contribution < -0.4 is 10.6 Å². The van der Waals surface area contributed by atoms with E-state index in [-0.39, 0.29) is 23.7 Å². The molecule has 5 heteroatoms. The van der Waals surface area contributed by atoms with Crippen molar-refractivity contribution in [2.24, 2.45) is 11.8 Å². The summed E-state index contributed by atoms with van der Waals surface area (Å²) < 4.78 is 0. The normalized spacial score (nSPS) is 23.3. The van der Waals surface area contributed by atoms with Gasteiger partial charge in [0.15, 0.2) is 0 Å². The molecule has 0 aromatic carbocycles. The Labute approximate surface area is 139 Å². The Morgan fingerprint density at radius 3 is 2.43 bits per heavy atom. The molecule has 0 aromatic rings. The zero-order chi connectivity index (χ0) is 16.7. The summed E-state index contributed by atoms with van der Waals surface area (Å²) in [4.78, 5) is 26.1. The smallest absolute Gasteiger partial charge is 0.223 e. The van der Waals surface area contributed by atoms with E-state index in [1.807, 2.05) is 14.1 Å². The van der Waals surface area contributed by atoms with E-state index >= 15 is 0 Å². The van der Waals surface area contributed by atoms with Gasteiger partial charge in [-0.05, 0) is 65.6 Å². The van der Waals surface area contributed by atoms with Crippen molar-refractivity contribution in [3.05, 3.63) is 11.6 Å². The van der Waals surface area contributed by atoms with E-state index in [2.05, 4.69) is 21.6 Å². The zero-order valence-electron chi connectivity index (χ0n) is 14.6. The van der Waals surface area contributed by atoms with E-state index in [4.69, 9.17) is 0 Å². The number of carbonyl (C=O) groups is 2. The van der Waals surface area contributed by atoms with Crippen molar-refractivity contribution in [2.45, 2.75) is 44.9 Å². The molecular formula is C18H31N3O2. The minimum atomic E-state index is -0.108. The molecule has 0 saturated heterocycles. The third kappa shape index (κ3) is 6.34. The van der Waals surface area contributed by atoms with E-state index in [0.29, 0.717) is 19.5 Å². The number of rotatable bonds is 9. The average Bonchev–Trinajstić information content (AvgIpc) is 3.33.